The van der Waals surface area contributed by atoms with E-state index < -0.39 is 6.04 Å². The van der Waals surface area contributed by atoms with Crippen LogP contribution < -0.4 is 5.32 Å². The maximum atomic E-state index is 12.6. The normalized spacial score (nSPS) is 15.0. The number of carbonyl (C=O) groups excluding carboxylic acids is 1. The second-order valence-electron chi connectivity index (χ2n) is 7.10. The maximum absolute atomic E-state index is 12.6. The minimum Gasteiger partial charge on any atom is -0.383 e. The third kappa shape index (κ3) is 4.01. The molecule has 0 spiro atoms. The van der Waals surface area contributed by atoms with Gasteiger partial charge in [-0.3, -0.25) is 9.79 Å². The highest BCUT2D eigenvalue weighted by molar-refractivity contribution is 6.30. The number of halogens is 1. The number of amides is 1. The third-order valence-corrected chi connectivity index (χ3v) is 5.30. The number of carbonyl (C=O) groups is 1. The van der Waals surface area contributed by atoms with Crippen molar-refractivity contribution in [2.24, 2.45) is 4.99 Å². The summed E-state index contributed by atoms with van der Waals surface area (Å²) in [5.74, 6) is 0.480. The van der Waals surface area contributed by atoms with Gasteiger partial charge >= 0.3 is 0 Å². The molecule has 3 aromatic rings. The number of rotatable bonds is 6. The number of ether oxygens (including phenoxy) is 1. The molecule has 2 heterocycles. The zero-order chi connectivity index (χ0) is 21.1. The number of nitrogens with zero attached hydrogens (tertiary/aromatic N) is 2. The van der Waals surface area contributed by atoms with E-state index in [9.17, 15) is 4.79 Å². The van der Waals surface area contributed by atoms with Gasteiger partial charge < -0.3 is 14.6 Å². The Balaban J connectivity index is 1.81. The number of fused-ring (bicyclic) bond motifs is 3. The van der Waals surface area contributed by atoms with Crippen LogP contribution in [0.3, 0.4) is 0 Å². The van der Waals surface area contributed by atoms with Crippen molar-refractivity contribution in [1.29, 1.82) is 0 Å². The molecule has 7 heteroatoms. The second-order valence-corrected chi connectivity index (χ2v) is 7.54. The fourth-order valence-corrected chi connectivity index (χ4v) is 3.78. The zero-order valence-electron chi connectivity index (χ0n) is 16.8. The number of aliphatic imine (C=N–C) groups is 1. The molecule has 1 aromatic heterocycles. The fourth-order valence-electron chi connectivity index (χ4n) is 3.65. The zero-order valence-corrected chi connectivity index (χ0v) is 17.6. The first-order valence-electron chi connectivity index (χ1n) is 9.73. The molecule has 6 nitrogen and oxygen atoms in total. The summed E-state index contributed by atoms with van der Waals surface area (Å²) in [7, 11) is 1.60. The van der Waals surface area contributed by atoms with E-state index in [0.29, 0.717) is 23.9 Å². The summed E-state index contributed by atoms with van der Waals surface area (Å²) in [6.07, 6.45) is 0.149. The lowest BCUT2D eigenvalue weighted by Gasteiger charge is -2.12. The first-order valence-corrected chi connectivity index (χ1v) is 10.1. The molecular weight excluding hydrogens is 402 g/mol. The number of methoxy groups -OCH3 is 1. The molecule has 0 aliphatic carbocycles. The van der Waals surface area contributed by atoms with Gasteiger partial charge in [0.05, 0.1) is 30.0 Å². The molecule has 1 atom stereocenters. The van der Waals surface area contributed by atoms with Crippen molar-refractivity contribution >= 4 is 23.2 Å². The van der Waals surface area contributed by atoms with E-state index in [0.717, 1.165) is 33.7 Å². The maximum Gasteiger partial charge on any atom is 0.222 e. The molecule has 2 aromatic carbocycles. The van der Waals surface area contributed by atoms with Crippen LogP contribution in [0.15, 0.2) is 58.0 Å². The summed E-state index contributed by atoms with van der Waals surface area (Å²) in [5.41, 5.74) is 5.34. The Kier molecular flexibility index (Phi) is 5.97. The predicted octanol–water partition coefficient (Wildman–Crippen LogP) is 4.35. The minimum absolute atomic E-state index is 0.123. The highest BCUT2D eigenvalue weighted by Gasteiger charge is 2.31. The monoisotopic (exact) mass is 423 g/mol. The van der Waals surface area contributed by atoms with Crippen LogP contribution in [0.25, 0.3) is 11.1 Å². The Morgan fingerprint density at radius 3 is 2.63 bits per heavy atom. The molecule has 0 saturated carbocycles. The van der Waals surface area contributed by atoms with E-state index in [2.05, 4.69) is 10.5 Å². The predicted molar refractivity (Wildman–Crippen MR) is 116 cm³/mol. The smallest absolute Gasteiger partial charge is 0.222 e. The van der Waals surface area contributed by atoms with Crippen LogP contribution in [0.1, 0.15) is 35.0 Å². The number of aryl methyl sites for hydroxylation is 1. The van der Waals surface area contributed by atoms with Gasteiger partial charge in [0.15, 0.2) is 5.76 Å². The molecule has 0 unspecified atom stereocenters. The van der Waals surface area contributed by atoms with Gasteiger partial charge in [-0.1, -0.05) is 53.2 Å². The van der Waals surface area contributed by atoms with Crippen LogP contribution in [0.5, 0.6) is 0 Å². The topological polar surface area (TPSA) is 76.7 Å². The SMILES string of the molecule is COCCNC(=O)C[C@@H]1N=C(c2ccc(Cl)cc2)c2ccccc2-c2c(C)noc21. The summed E-state index contributed by atoms with van der Waals surface area (Å²) in [4.78, 5) is 17.5. The molecular formula is C23H22ClN3O3. The van der Waals surface area contributed by atoms with Crippen LogP contribution in [-0.2, 0) is 9.53 Å². The molecule has 1 N–H and O–H groups in total. The highest BCUT2D eigenvalue weighted by atomic mass is 35.5. The van der Waals surface area contributed by atoms with Crippen LogP contribution in [0.2, 0.25) is 5.02 Å². The lowest BCUT2D eigenvalue weighted by molar-refractivity contribution is -0.121. The molecule has 1 amide bonds. The van der Waals surface area contributed by atoms with Crippen molar-refractivity contribution < 1.29 is 14.1 Å². The second kappa shape index (κ2) is 8.81. The van der Waals surface area contributed by atoms with Crippen LogP contribution >= 0.6 is 11.6 Å². The Morgan fingerprint density at radius 1 is 1.17 bits per heavy atom. The van der Waals surface area contributed by atoms with E-state index in [4.69, 9.17) is 25.9 Å². The Morgan fingerprint density at radius 2 is 1.90 bits per heavy atom. The average molecular weight is 424 g/mol. The summed E-state index contributed by atoms with van der Waals surface area (Å²) < 4.78 is 10.7. The van der Waals surface area contributed by atoms with Crippen LogP contribution in [-0.4, -0.2) is 37.0 Å². The van der Waals surface area contributed by atoms with Crippen LogP contribution in [0.4, 0.5) is 0 Å². The Labute approximate surface area is 179 Å². The Hall–Kier alpha value is -2.96. The first kappa shape index (κ1) is 20.3. The van der Waals surface area contributed by atoms with Crippen molar-refractivity contribution in [3.8, 4) is 11.1 Å². The first-order chi connectivity index (χ1) is 14.6. The van der Waals surface area contributed by atoms with Gasteiger partial charge in [0, 0.05) is 29.8 Å². The van der Waals surface area contributed by atoms with Crippen molar-refractivity contribution in [1.82, 2.24) is 10.5 Å². The fraction of sp³-hybridized carbons (Fsp3) is 0.261. The minimum atomic E-state index is -0.498. The van der Waals surface area contributed by atoms with Gasteiger partial charge in [-0.25, -0.2) is 0 Å². The molecule has 154 valence electrons. The Bertz CT molecular complexity index is 1090. The number of hydrogen-bond acceptors (Lipinski definition) is 5. The quantitative estimate of drug-likeness (QED) is 0.598. The van der Waals surface area contributed by atoms with E-state index in [1.54, 1.807) is 7.11 Å². The van der Waals surface area contributed by atoms with E-state index >= 15 is 0 Å². The third-order valence-electron chi connectivity index (χ3n) is 5.05. The van der Waals surface area contributed by atoms with Gasteiger partial charge in [-0.15, -0.1) is 0 Å². The molecule has 30 heavy (non-hydrogen) atoms. The van der Waals surface area contributed by atoms with Crippen molar-refractivity contribution in [3.05, 3.63) is 76.1 Å². The summed E-state index contributed by atoms with van der Waals surface area (Å²) in [5, 5.41) is 7.68. The number of hydrogen-bond donors (Lipinski definition) is 1. The van der Waals surface area contributed by atoms with Crippen molar-refractivity contribution in [3.63, 3.8) is 0 Å². The standard InChI is InChI=1S/C23H22ClN3O3/c1-14-21-17-5-3-4-6-18(17)22(15-7-9-16(24)10-8-15)26-19(23(21)30-27-14)13-20(28)25-11-12-29-2/h3-10,19H,11-13H2,1-2H3,(H,25,28)/t19-/m0/s1. The van der Waals surface area contributed by atoms with E-state index in [1.165, 1.54) is 0 Å². The van der Waals surface area contributed by atoms with Gasteiger partial charge in [0.2, 0.25) is 5.91 Å². The lowest BCUT2D eigenvalue weighted by atomic mass is 9.93. The number of benzene rings is 2. The van der Waals surface area contributed by atoms with E-state index in [-0.39, 0.29) is 12.3 Å². The van der Waals surface area contributed by atoms with Crippen LogP contribution in [0, 0.1) is 6.92 Å². The van der Waals surface area contributed by atoms with E-state index in [1.807, 2.05) is 55.5 Å². The molecule has 1 aliphatic rings. The largest absolute Gasteiger partial charge is 0.383 e. The molecule has 0 saturated heterocycles. The lowest BCUT2D eigenvalue weighted by Crippen LogP contribution is -2.28. The highest BCUT2D eigenvalue weighted by Crippen LogP contribution is 2.40. The van der Waals surface area contributed by atoms with Gasteiger partial charge in [-0.05, 0) is 24.6 Å². The number of nitrogens with one attached hydrogen (secondary N) is 1. The number of aromatic nitrogens is 1. The molecule has 0 bridgehead atoms. The average Bonchev–Trinajstić information content (AvgIpc) is 3.07. The van der Waals surface area contributed by atoms with Gasteiger partial charge in [0.1, 0.15) is 6.04 Å². The summed E-state index contributed by atoms with van der Waals surface area (Å²) in [6, 6.07) is 15.1. The summed E-state index contributed by atoms with van der Waals surface area (Å²) >= 11 is 6.09. The van der Waals surface area contributed by atoms with Crippen molar-refractivity contribution in [2.45, 2.75) is 19.4 Å². The summed E-state index contributed by atoms with van der Waals surface area (Å²) in [6.45, 7) is 2.80. The molecule has 1 aliphatic heterocycles. The van der Waals surface area contributed by atoms with Crippen molar-refractivity contribution in [2.75, 3.05) is 20.3 Å². The van der Waals surface area contributed by atoms with Gasteiger partial charge in [0.25, 0.3) is 0 Å². The molecule has 0 fully saturated rings. The molecule has 4 rings (SSSR count). The molecule has 0 radical (unpaired) electrons. The van der Waals surface area contributed by atoms with Gasteiger partial charge in [-0.2, -0.15) is 0 Å².